The summed E-state index contributed by atoms with van der Waals surface area (Å²) >= 11 is 0. The molecule has 5 heteroatoms. The van der Waals surface area contributed by atoms with E-state index in [-0.39, 0.29) is 0 Å². The molecule has 5 nitrogen and oxygen atoms in total. The van der Waals surface area contributed by atoms with E-state index in [4.69, 9.17) is 9.84 Å². The number of nitrogens with one attached hydrogen (secondary N) is 1. The highest BCUT2D eigenvalue weighted by molar-refractivity contribution is 5.86. The Balaban J connectivity index is 1.83. The Labute approximate surface area is 82.1 Å². The summed E-state index contributed by atoms with van der Waals surface area (Å²) in [6, 6.07) is 0. The maximum Gasteiger partial charge on any atom is 0.425 e. The van der Waals surface area contributed by atoms with Gasteiger partial charge in [0.15, 0.2) is 0 Å². The molecule has 1 heterocycles. The monoisotopic (exact) mass is 198 g/mol. The Kier molecular flexibility index (Phi) is 2.41. The number of carboxylic acid groups (broad SMARTS) is 1. The van der Waals surface area contributed by atoms with E-state index in [0.29, 0.717) is 5.41 Å². The van der Waals surface area contributed by atoms with Gasteiger partial charge in [0.2, 0.25) is 0 Å². The molecule has 0 radical (unpaired) electrons. The maximum absolute atomic E-state index is 10.2. The molecule has 0 atom stereocenters. The highest BCUT2D eigenvalue weighted by atomic mass is 16.5. The molecule has 14 heavy (non-hydrogen) atoms. The molecule has 2 rings (SSSR count). The summed E-state index contributed by atoms with van der Waals surface area (Å²) < 4.78 is 5.20. The molecule has 0 unspecified atom stereocenters. The molecule has 1 saturated heterocycles. The molecule has 1 saturated carbocycles. The highest BCUT2D eigenvalue weighted by Crippen LogP contribution is 2.41. The van der Waals surface area contributed by atoms with Crippen LogP contribution in [0.4, 0.5) is 4.79 Å². The standard InChI is InChI=1S/C9H14N2O3/c12-8(13)11-10-7-1-3-9(4-2-7)5-14-6-9/h11H,1-6H2,(H,12,13). The Bertz CT molecular complexity index is 259. The topological polar surface area (TPSA) is 70.9 Å². The molecule has 0 aromatic carbocycles. The summed E-state index contributed by atoms with van der Waals surface area (Å²) in [5.74, 6) is 0. The van der Waals surface area contributed by atoms with Crippen LogP contribution in [-0.2, 0) is 4.74 Å². The summed E-state index contributed by atoms with van der Waals surface area (Å²) in [6.07, 6.45) is 2.85. The lowest BCUT2D eigenvalue weighted by Crippen LogP contribution is -2.45. The average molecular weight is 198 g/mol. The Hall–Kier alpha value is -1.10. The quantitative estimate of drug-likeness (QED) is 0.622. The van der Waals surface area contributed by atoms with Crippen molar-refractivity contribution in [2.75, 3.05) is 13.2 Å². The Morgan fingerprint density at radius 2 is 2.07 bits per heavy atom. The molecule has 0 aromatic rings. The number of nitrogens with zero attached hydrogens (tertiary/aromatic N) is 1. The van der Waals surface area contributed by atoms with Gasteiger partial charge >= 0.3 is 6.09 Å². The fraction of sp³-hybridized carbons (Fsp3) is 0.778. The van der Waals surface area contributed by atoms with Gasteiger partial charge in [-0.15, -0.1) is 0 Å². The van der Waals surface area contributed by atoms with Gasteiger partial charge in [0.25, 0.3) is 0 Å². The number of ether oxygens (including phenoxy) is 1. The molecular weight excluding hydrogens is 184 g/mol. The molecule has 1 amide bonds. The first-order valence-corrected chi connectivity index (χ1v) is 4.82. The van der Waals surface area contributed by atoms with E-state index in [1.807, 2.05) is 0 Å². The van der Waals surface area contributed by atoms with Crippen molar-refractivity contribution in [1.29, 1.82) is 0 Å². The SMILES string of the molecule is O=C(O)NN=C1CCC2(CC1)COC2. The van der Waals surface area contributed by atoms with Crippen LogP contribution in [0.2, 0.25) is 0 Å². The van der Waals surface area contributed by atoms with E-state index in [2.05, 4.69) is 10.5 Å². The minimum atomic E-state index is -1.09. The molecule has 2 aliphatic rings. The zero-order chi connectivity index (χ0) is 10.0. The summed E-state index contributed by atoms with van der Waals surface area (Å²) in [4.78, 5) is 10.2. The van der Waals surface area contributed by atoms with E-state index in [1.165, 1.54) is 0 Å². The minimum Gasteiger partial charge on any atom is -0.464 e. The van der Waals surface area contributed by atoms with Gasteiger partial charge in [-0.05, 0) is 25.7 Å². The van der Waals surface area contributed by atoms with Crippen LogP contribution in [-0.4, -0.2) is 30.1 Å². The van der Waals surface area contributed by atoms with Gasteiger partial charge in [-0.1, -0.05) is 0 Å². The van der Waals surface area contributed by atoms with Gasteiger partial charge in [-0.3, -0.25) is 0 Å². The third-order valence-corrected chi connectivity index (χ3v) is 3.01. The van der Waals surface area contributed by atoms with Crippen molar-refractivity contribution in [3.8, 4) is 0 Å². The van der Waals surface area contributed by atoms with Gasteiger partial charge < -0.3 is 9.84 Å². The third kappa shape index (κ3) is 1.87. The summed E-state index contributed by atoms with van der Waals surface area (Å²) in [7, 11) is 0. The summed E-state index contributed by atoms with van der Waals surface area (Å²) in [6.45, 7) is 1.74. The van der Waals surface area contributed by atoms with Crippen LogP contribution >= 0.6 is 0 Å². The fourth-order valence-corrected chi connectivity index (χ4v) is 1.99. The number of rotatable bonds is 1. The van der Waals surface area contributed by atoms with Crippen molar-refractivity contribution in [3.63, 3.8) is 0 Å². The van der Waals surface area contributed by atoms with Crippen molar-refractivity contribution in [2.24, 2.45) is 10.5 Å². The second-order valence-corrected chi connectivity index (χ2v) is 4.09. The van der Waals surface area contributed by atoms with Crippen molar-refractivity contribution in [3.05, 3.63) is 0 Å². The summed E-state index contributed by atoms with van der Waals surface area (Å²) in [5, 5.41) is 12.2. The maximum atomic E-state index is 10.2. The highest BCUT2D eigenvalue weighted by Gasteiger charge is 2.40. The number of hydrogen-bond donors (Lipinski definition) is 2. The van der Waals surface area contributed by atoms with Gasteiger partial charge in [0.1, 0.15) is 0 Å². The lowest BCUT2D eigenvalue weighted by atomic mass is 9.72. The van der Waals surface area contributed by atoms with Crippen LogP contribution in [0.15, 0.2) is 5.10 Å². The van der Waals surface area contributed by atoms with Gasteiger partial charge in [-0.2, -0.15) is 5.10 Å². The van der Waals surface area contributed by atoms with Crippen molar-refractivity contribution in [1.82, 2.24) is 5.43 Å². The van der Waals surface area contributed by atoms with Crippen molar-refractivity contribution in [2.45, 2.75) is 25.7 Å². The number of hydrogen-bond acceptors (Lipinski definition) is 3. The molecule has 0 aromatic heterocycles. The molecule has 2 N–H and O–H groups in total. The van der Waals surface area contributed by atoms with Crippen LogP contribution in [0.1, 0.15) is 25.7 Å². The average Bonchev–Trinajstić information content (AvgIpc) is 2.13. The molecule has 1 spiro atoms. The minimum absolute atomic E-state index is 0.391. The lowest BCUT2D eigenvalue weighted by Gasteiger charge is -2.44. The normalized spacial score (nSPS) is 24.1. The van der Waals surface area contributed by atoms with E-state index < -0.39 is 6.09 Å². The predicted octanol–water partition coefficient (Wildman–Crippen LogP) is 1.20. The largest absolute Gasteiger partial charge is 0.464 e. The number of hydrazone groups is 1. The molecule has 2 fully saturated rings. The molecule has 1 aliphatic carbocycles. The van der Waals surface area contributed by atoms with Crippen LogP contribution in [0, 0.1) is 5.41 Å². The predicted molar refractivity (Wildman–Crippen MR) is 50.3 cm³/mol. The van der Waals surface area contributed by atoms with Crippen LogP contribution < -0.4 is 5.43 Å². The van der Waals surface area contributed by atoms with E-state index in [9.17, 15) is 4.79 Å². The second kappa shape index (κ2) is 3.57. The first kappa shape index (κ1) is 9.45. The molecular formula is C9H14N2O3. The first-order chi connectivity index (χ1) is 6.70. The third-order valence-electron chi connectivity index (χ3n) is 3.01. The first-order valence-electron chi connectivity index (χ1n) is 4.82. The van der Waals surface area contributed by atoms with Crippen LogP contribution in [0.5, 0.6) is 0 Å². The van der Waals surface area contributed by atoms with Crippen LogP contribution in [0.25, 0.3) is 0 Å². The van der Waals surface area contributed by atoms with Crippen molar-refractivity contribution < 1.29 is 14.6 Å². The zero-order valence-corrected chi connectivity index (χ0v) is 7.95. The molecule has 1 aliphatic heterocycles. The number of amides is 1. The van der Waals surface area contributed by atoms with Gasteiger partial charge in [0.05, 0.1) is 13.2 Å². The number of carbonyl (C=O) groups is 1. The summed E-state index contributed by atoms with van der Waals surface area (Å²) in [5.41, 5.74) is 3.41. The second-order valence-electron chi connectivity index (χ2n) is 4.09. The molecule has 0 bridgehead atoms. The Morgan fingerprint density at radius 1 is 1.43 bits per heavy atom. The van der Waals surface area contributed by atoms with Gasteiger partial charge in [-0.25, -0.2) is 10.2 Å². The lowest BCUT2D eigenvalue weighted by molar-refractivity contribution is -0.122. The van der Waals surface area contributed by atoms with E-state index >= 15 is 0 Å². The van der Waals surface area contributed by atoms with Crippen molar-refractivity contribution >= 4 is 11.8 Å². The Morgan fingerprint density at radius 3 is 2.50 bits per heavy atom. The smallest absolute Gasteiger partial charge is 0.425 e. The van der Waals surface area contributed by atoms with Crippen LogP contribution in [0.3, 0.4) is 0 Å². The zero-order valence-electron chi connectivity index (χ0n) is 7.95. The van der Waals surface area contributed by atoms with E-state index in [1.54, 1.807) is 0 Å². The fourth-order valence-electron chi connectivity index (χ4n) is 1.99. The van der Waals surface area contributed by atoms with Gasteiger partial charge in [0, 0.05) is 11.1 Å². The molecule has 78 valence electrons. The van der Waals surface area contributed by atoms with E-state index in [0.717, 1.165) is 44.6 Å².